The highest BCUT2D eigenvalue weighted by molar-refractivity contribution is 5.36. The largest absolute Gasteiger partial charge is 0.508 e. The van der Waals surface area contributed by atoms with Crippen LogP contribution in [0.2, 0.25) is 0 Å². The Kier molecular flexibility index (Phi) is 4.45. The zero-order valence-corrected chi connectivity index (χ0v) is 14.6. The van der Waals surface area contributed by atoms with Crippen molar-refractivity contribution in [2.24, 2.45) is 5.92 Å². The Morgan fingerprint density at radius 1 is 1.32 bits per heavy atom. The normalized spacial score (nSPS) is 33.6. The summed E-state index contributed by atoms with van der Waals surface area (Å²) in [6.07, 6.45) is 5.10. The average Bonchev–Trinajstić information content (AvgIpc) is 3.31. The van der Waals surface area contributed by atoms with Crippen LogP contribution < -0.4 is 0 Å². The number of aliphatic hydroxyl groups excluding tert-OH is 1. The molecule has 2 fully saturated rings. The number of hydrogen-bond acceptors (Lipinski definition) is 6. The maximum Gasteiger partial charge on any atom is 0.315 e. The van der Waals surface area contributed by atoms with Crippen LogP contribution in [0.15, 0.2) is 22.7 Å². The van der Waals surface area contributed by atoms with Crippen molar-refractivity contribution in [3.63, 3.8) is 0 Å². The monoisotopic (exact) mass is 350 g/mol. The minimum Gasteiger partial charge on any atom is -0.508 e. The van der Waals surface area contributed by atoms with Gasteiger partial charge in [0.25, 0.3) is 0 Å². The number of ether oxygens (including phenoxy) is 2. The quantitative estimate of drug-likeness (QED) is 0.466. The first-order chi connectivity index (χ1) is 12.1. The molecule has 0 radical (unpaired) electrons. The highest BCUT2D eigenvalue weighted by Crippen LogP contribution is 2.46. The van der Waals surface area contributed by atoms with E-state index in [4.69, 9.17) is 9.47 Å². The van der Waals surface area contributed by atoms with E-state index in [-0.39, 0.29) is 11.0 Å². The van der Waals surface area contributed by atoms with E-state index in [0.717, 1.165) is 32.4 Å². The Hall–Kier alpha value is -1.60. The lowest BCUT2D eigenvalue weighted by Gasteiger charge is -2.42. The van der Waals surface area contributed by atoms with E-state index < -0.39 is 6.23 Å². The SMILES string of the molecule is COC1=C(O)CC2=C(CCN(CC3CCC([N+](=O)[O-])O3)C2C2CC2)C1. The molecule has 4 rings (SSSR count). The molecule has 3 unspecified atom stereocenters. The minimum atomic E-state index is -0.838. The lowest BCUT2D eigenvalue weighted by atomic mass is 9.82. The molecule has 3 atom stereocenters. The molecule has 1 saturated heterocycles. The number of methoxy groups -OCH3 is 1. The fourth-order valence-electron chi connectivity index (χ4n) is 4.64. The third kappa shape index (κ3) is 3.27. The first-order valence-corrected chi connectivity index (χ1v) is 9.25. The van der Waals surface area contributed by atoms with Gasteiger partial charge in [0.15, 0.2) is 0 Å². The van der Waals surface area contributed by atoms with Crippen molar-refractivity contribution in [3.8, 4) is 0 Å². The summed E-state index contributed by atoms with van der Waals surface area (Å²) in [4.78, 5) is 13.1. The molecule has 1 N–H and O–H groups in total. The Morgan fingerprint density at radius 3 is 2.76 bits per heavy atom. The average molecular weight is 350 g/mol. The second-order valence-electron chi connectivity index (χ2n) is 7.66. The van der Waals surface area contributed by atoms with Crippen LogP contribution in [0.3, 0.4) is 0 Å². The number of hydrogen-bond donors (Lipinski definition) is 1. The second-order valence-corrected chi connectivity index (χ2v) is 7.66. The molecule has 1 saturated carbocycles. The van der Waals surface area contributed by atoms with E-state index in [1.165, 1.54) is 24.0 Å². The molecule has 4 aliphatic rings. The summed E-state index contributed by atoms with van der Waals surface area (Å²) in [5.41, 5.74) is 2.77. The van der Waals surface area contributed by atoms with Gasteiger partial charge in [-0.1, -0.05) is 5.57 Å². The summed E-state index contributed by atoms with van der Waals surface area (Å²) in [6, 6.07) is 0.350. The molecule has 2 aliphatic carbocycles. The first-order valence-electron chi connectivity index (χ1n) is 9.25. The van der Waals surface area contributed by atoms with Gasteiger partial charge in [-0.25, -0.2) is 0 Å². The van der Waals surface area contributed by atoms with Crippen LogP contribution in [0.5, 0.6) is 0 Å². The highest BCUT2D eigenvalue weighted by atomic mass is 16.7. The molecular weight excluding hydrogens is 324 g/mol. The Labute approximate surface area is 147 Å². The molecule has 2 aliphatic heterocycles. The zero-order chi connectivity index (χ0) is 17.6. The molecular formula is C18H26N2O5. The third-order valence-electron chi connectivity index (χ3n) is 6.03. The summed E-state index contributed by atoms with van der Waals surface area (Å²) in [6.45, 7) is 1.71. The fraction of sp³-hybridized carbons (Fsp3) is 0.778. The van der Waals surface area contributed by atoms with E-state index in [1.807, 2.05) is 0 Å². The Morgan fingerprint density at radius 2 is 2.12 bits per heavy atom. The van der Waals surface area contributed by atoms with Gasteiger partial charge in [-0.15, -0.1) is 0 Å². The minimum absolute atomic E-state index is 0.0546. The van der Waals surface area contributed by atoms with Crippen LogP contribution in [0.25, 0.3) is 0 Å². The Bertz CT molecular complexity index is 625. The van der Waals surface area contributed by atoms with Crippen molar-refractivity contribution in [1.82, 2.24) is 4.90 Å². The van der Waals surface area contributed by atoms with Crippen LogP contribution in [0.4, 0.5) is 0 Å². The summed E-state index contributed by atoms with van der Waals surface area (Å²) in [5.74, 6) is 1.71. The molecule has 0 aromatic heterocycles. The number of aliphatic hydroxyl groups is 1. The maximum atomic E-state index is 10.9. The molecule has 2 heterocycles. The van der Waals surface area contributed by atoms with Crippen molar-refractivity contribution >= 4 is 0 Å². The van der Waals surface area contributed by atoms with Crippen LogP contribution in [-0.2, 0) is 9.47 Å². The standard InChI is InChI=1S/C18H26N2O5/c1-24-16-8-12-6-7-19(10-13-4-5-17(25-13)20(22)23)18(11-2-3-11)14(12)9-15(16)21/h11,13,17-18,21H,2-10H2,1H3. The number of rotatable bonds is 5. The van der Waals surface area contributed by atoms with Gasteiger partial charge in [0.2, 0.25) is 0 Å². The number of nitrogens with zero attached hydrogens (tertiary/aromatic N) is 2. The topological polar surface area (TPSA) is 85.1 Å². The lowest BCUT2D eigenvalue weighted by Crippen LogP contribution is -2.47. The van der Waals surface area contributed by atoms with Gasteiger partial charge in [0.1, 0.15) is 11.5 Å². The Balaban J connectivity index is 1.48. The maximum absolute atomic E-state index is 10.9. The predicted octanol–water partition coefficient (Wildman–Crippen LogP) is 2.76. The van der Waals surface area contributed by atoms with E-state index in [9.17, 15) is 15.2 Å². The van der Waals surface area contributed by atoms with Crippen molar-refractivity contribution < 1.29 is 19.5 Å². The van der Waals surface area contributed by atoms with Crippen LogP contribution in [-0.4, -0.2) is 53.5 Å². The lowest BCUT2D eigenvalue weighted by molar-refractivity contribution is -0.571. The fourth-order valence-corrected chi connectivity index (χ4v) is 4.64. The van der Waals surface area contributed by atoms with E-state index in [1.54, 1.807) is 7.11 Å². The van der Waals surface area contributed by atoms with Gasteiger partial charge in [-0.05, 0) is 37.2 Å². The van der Waals surface area contributed by atoms with Crippen LogP contribution >= 0.6 is 0 Å². The van der Waals surface area contributed by atoms with Crippen LogP contribution in [0.1, 0.15) is 44.9 Å². The number of allylic oxidation sites excluding steroid dienone is 2. The summed E-state index contributed by atoms with van der Waals surface area (Å²) >= 11 is 0. The van der Waals surface area contributed by atoms with Crippen molar-refractivity contribution in [2.75, 3.05) is 20.2 Å². The van der Waals surface area contributed by atoms with Crippen LogP contribution in [0, 0.1) is 16.0 Å². The molecule has 7 heteroatoms. The summed E-state index contributed by atoms with van der Waals surface area (Å²) in [7, 11) is 1.62. The summed E-state index contributed by atoms with van der Waals surface area (Å²) < 4.78 is 11.0. The van der Waals surface area contributed by atoms with Gasteiger partial charge in [-0.3, -0.25) is 15.0 Å². The van der Waals surface area contributed by atoms with Gasteiger partial charge >= 0.3 is 6.23 Å². The highest BCUT2D eigenvalue weighted by Gasteiger charge is 2.44. The van der Waals surface area contributed by atoms with E-state index >= 15 is 0 Å². The molecule has 0 aromatic carbocycles. The smallest absolute Gasteiger partial charge is 0.315 e. The molecule has 0 aromatic rings. The van der Waals surface area contributed by atoms with Gasteiger partial charge in [0, 0.05) is 38.4 Å². The number of nitro groups is 1. The molecule has 138 valence electrons. The van der Waals surface area contributed by atoms with Gasteiger partial charge in [-0.2, -0.15) is 0 Å². The van der Waals surface area contributed by atoms with Gasteiger partial charge in [0.05, 0.1) is 18.1 Å². The molecule has 0 spiro atoms. The zero-order valence-electron chi connectivity index (χ0n) is 14.6. The van der Waals surface area contributed by atoms with Crippen molar-refractivity contribution in [1.29, 1.82) is 0 Å². The second kappa shape index (κ2) is 6.61. The molecule has 0 amide bonds. The van der Waals surface area contributed by atoms with Gasteiger partial charge < -0.3 is 14.6 Å². The molecule has 25 heavy (non-hydrogen) atoms. The van der Waals surface area contributed by atoms with Crippen molar-refractivity contribution in [2.45, 2.75) is 63.3 Å². The first kappa shape index (κ1) is 16.8. The third-order valence-corrected chi connectivity index (χ3v) is 6.03. The van der Waals surface area contributed by atoms with E-state index in [2.05, 4.69) is 4.90 Å². The molecule has 7 nitrogen and oxygen atoms in total. The van der Waals surface area contributed by atoms with Crippen molar-refractivity contribution in [3.05, 3.63) is 32.8 Å². The molecule has 0 bridgehead atoms. The summed E-state index contributed by atoms with van der Waals surface area (Å²) in [5, 5.41) is 21.2. The van der Waals surface area contributed by atoms with E-state index in [0.29, 0.717) is 36.3 Å². The predicted molar refractivity (Wildman–Crippen MR) is 90.5 cm³/mol.